The van der Waals surface area contributed by atoms with Crippen LogP contribution < -0.4 is 15.8 Å². The van der Waals surface area contributed by atoms with E-state index in [1.807, 2.05) is 13.8 Å². The number of amides is 1. The zero-order valence-corrected chi connectivity index (χ0v) is 20.0. The van der Waals surface area contributed by atoms with Gasteiger partial charge in [0.05, 0.1) is 5.75 Å². The Morgan fingerprint density at radius 1 is 1.23 bits per heavy atom. The molecule has 7 nitrogen and oxygen atoms in total. The van der Waals surface area contributed by atoms with Gasteiger partial charge in [0.15, 0.2) is 15.9 Å². The van der Waals surface area contributed by atoms with Gasteiger partial charge in [0.1, 0.15) is 4.70 Å². The normalized spacial score (nSPS) is 16.9. The minimum atomic E-state index is -0.0601. The van der Waals surface area contributed by atoms with Gasteiger partial charge in [-0.05, 0) is 58.8 Å². The average Bonchev–Trinajstić information content (AvgIpc) is 3.42. The van der Waals surface area contributed by atoms with E-state index in [-0.39, 0.29) is 23.3 Å². The van der Waals surface area contributed by atoms with Gasteiger partial charge in [0.25, 0.3) is 5.56 Å². The molecule has 168 valence electrons. The summed E-state index contributed by atoms with van der Waals surface area (Å²) in [6, 6.07) is -0.0365. The van der Waals surface area contributed by atoms with Crippen LogP contribution in [0.4, 0.5) is 5.13 Å². The third-order valence-electron chi connectivity index (χ3n) is 5.80. The van der Waals surface area contributed by atoms with Crippen molar-refractivity contribution in [3.8, 4) is 0 Å². The van der Waals surface area contributed by atoms with Crippen molar-refractivity contribution in [2.24, 2.45) is 0 Å². The molecule has 3 heterocycles. The van der Waals surface area contributed by atoms with Gasteiger partial charge in [-0.1, -0.05) is 34.7 Å². The topological polar surface area (TPSA) is 80.1 Å². The Morgan fingerprint density at radius 2 is 2.03 bits per heavy atom. The van der Waals surface area contributed by atoms with E-state index in [1.165, 1.54) is 41.5 Å². The molecule has 0 radical (unpaired) electrons. The van der Waals surface area contributed by atoms with E-state index < -0.39 is 0 Å². The van der Waals surface area contributed by atoms with Crippen molar-refractivity contribution in [3.63, 3.8) is 0 Å². The summed E-state index contributed by atoms with van der Waals surface area (Å²) in [6.07, 6.45) is 10.4. The molecule has 31 heavy (non-hydrogen) atoms. The molecule has 1 amide bonds. The van der Waals surface area contributed by atoms with Gasteiger partial charge < -0.3 is 10.2 Å². The first-order valence-electron chi connectivity index (χ1n) is 11.3. The molecule has 9 heteroatoms. The minimum absolute atomic E-state index is 0.0258. The Balaban J connectivity index is 1.44. The van der Waals surface area contributed by atoms with Crippen LogP contribution in [0.2, 0.25) is 0 Å². The first-order chi connectivity index (χ1) is 15.0. The molecule has 2 aromatic rings. The van der Waals surface area contributed by atoms with Gasteiger partial charge in [-0.15, -0.1) is 0 Å². The van der Waals surface area contributed by atoms with Gasteiger partial charge in [0, 0.05) is 25.7 Å². The smallest absolute Gasteiger partial charge is 0.274 e. The van der Waals surface area contributed by atoms with E-state index in [9.17, 15) is 9.59 Å². The summed E-state index contributed by atoms with van der Waals surface area (Å²) in [7, 11) is 0. The van der Waals surface area contributed by atoms with Crippen molar-refractivity contribution >= 4 is 44.5 Å². The Kier molecular flexibility index (Phi) is 7.32. The Bertz CT molecular complexity index is 1020. The maximum absolute atomic E-state index is 13.2. The molecule has 2 aliphatic rings. The summed E-state index contributed by atoms with van der Waals surface area (Å²) in [4.78, 5) is 37.1. The highest BCUT2D eigenvalue weighted by Crippen LogP contribution is 2.30. The van der Waals surface area contributed by atoms with Crippen LogP contribution >= 0.6 is 23.1 Å². The average molecular weight is 462 g/mol. The first kappa shape index (κ1) is 22.3. The molecule has 0 atom stereocenters. The number of fused-ring (bicyclic) bond motifs is 1. The lowest BCUT2D eigenvalue weighted by molar-refractivity contribution is -0.118. The Labute approximate surface area is 191 Å². The van der Waals surface area contributed by atoms with Crippen LogP contribution in [-0.2, 0) is 4.79 Å². The van der Waals surface area contributed by atoms with Crippen LogP contribution in [-0.4, -0.2) is 45.8 Å². The molecule has 0 spiro atoms. The molecule has 1 N–H and O–H groups in total. The summed E-state index contributed by atoms with van der Waals surface area (Å²) in [6.45, 7) is 6.58. The van der Waals surface area contributed by atoms with Crippen LogP contribution in [0.1, 0.15) is 64.8 Å². The minimum Gasteiger partial charge on any atom is -0.355 e. The SMILES string of the molecule is CC(C)n1c(SCC(=O)NCCC2=CCCCC2)nc2nc(N3CCCC3)sc2c1=O. The Morgan fingerprint density at radius 3 is 2.74 bits per heavy atom. The summed E-state index contributed by atoms with van der Waals surface area (Å²) in [5, 5.41) is 4.45. The third kappa shape index (κ3) is 5.31. The number of allylic oxidation sites excluding steroid dienone is 1. The standard InChI is InChI=1S/C22H31N5O2S2/c1-15(2)27-20(29)18-19(24-21(31-18)26-12-6-7-13-26)25-22(27)30-14-17(28)23-11-10-16-8-4-3-5-9-16/h8,15H,3-7,9-14H2,1-2H3,(H,23,28). The predicted octanol–water partition coefficient (Wildman–Crippen LogP) is 4.13. The molecule has 1 saturated heterocycles. The van der Waals surface area contributed by atoms with Crippen LogP contribution in [0.5, 0.6) is 0 Å². The van der Waals surface area contributed by atoms with Crippen molar-refractivity contribution in [2.75, 3.05) is 30.3 Å². The second-order valence-corrected chi connectivity index (χ2v) is 10.4. The number of hydrogen-bond donors (Lipinski definition) is 1. The fourth-order valence-corrected chi connectivity index (χ4v) is 6.07. The molecule has 0 aromatic carbocycles. The fourth-order valence-electron chi connectivity index (χ4n) is 4.13. The van der Waals surface area contributed by atoms with Crippen molar-refractivity contribution in [3.05, 3.63) is 22.0 Å². The number of aromatic nitrogens is 3. The number of carbonyl (C=O) groups is 1. The zero-order chi connectivity index (χ0) is 21.8. The number of hydrogen-bond acceptors (Lipinski definition) is 7. The molecule has 0 bridgehead atoms. The maximum atomic E-state index is 13.2. The summed E-state index contributed by atoms with van der Waals surface area (Å²) in [5.41, 5.74) is 1.90. The van der Waals surface area contributed by atoms with E-state index in [0.29, 0.717) is 22.0 Å². The molecular formula is C22H31N5O2S2. The summed E-state index contributed by atoms with van der Waals surface area (Å²) in [5.74, 6) is 0.217. The quantitative estimate of drug-likeness (QED) is 0.362. The number of rotatable bonds is 8. The molecule has 0 unspecified atom stereocenters. The monoisotopic (exact) mass is 461 g/mol. The molecule has 2 aromatic heterocycles. The fraction of sp³-hybridized carbons (Fsp3) is 0.636. The molecule has 1 aliphatic carbocycles. The van der Waals surface area contributed by atoms with Crippen LogP contribution in [0.25, 0.3) is 10.3 Å². The second kappa shape index (κ2) is 10.2. The summed E-state index contributed by atoms with van der Waals surface area (Å²) >= 11 is 2.75. The first-order valence-corrected chi connectivity index (χ1v) is 13.1. The molecule has 1 aliphatic heterocycles. The second-order valence-electron chi connectivity index (χ2n) is 8.50. The highest BCUT2D eigenvalue weighted by atomic mass is 32.2. The van der Waals surface area contributed by atoms with Crippen molar-refractivity contribution in [2.45, 2.75) is 70.0 Å². The molecule has 1 fully saturated rings. The van der Waals surface area contributed by atoms with Gasteiger partial charge >= 0.3 is 0 Å². The number of anilines is 1. The lowest BCUT2D eigenvalue weighted by atomic mass is 9.97. The van der Waals surface area contributed by atoms with Crippen molar-refractivity contribution in [1.29, 1.82) is 0 Å². The van der Waals surface area contributed by atoms with E-state index in [1.54, 1.807) is 4.57 Å². The van der Waals surface area contributed by atoms with E-state index >= 15 is 0 Å². The van der Waals surface area contributed by atoms with E-state index in [2.05, 4.69) is 26.3 Å². The van der Waals surface area contributed by atoms with Gasteiger partial charge in [-0.2, -0.15) is 4.98 Å². The number of nitrogens with one attached hydrogen (secondary N) is 1. The van der Waals surface area contributed by atoms with Gasteiger partial charge in [0.2, 0.25) is 5.91 Å². The third-order valence-corrected chi connectivity index (χ3v) is 7.84. The van der Waals surface area contributed by atoms with Crippen LogP contribution in [0.3, 0.4) is 0 Å². The van der Waals surface area contributed by atoms with E-state index in [0.717, 1.165) is 50.3 Å². The van der Waals surface area contributed by atoms with Crippen molar-refractivity contribution in [1.82, 2.24) is 19.9 Å². The molecule has 4 rings (SSSR count). The van der Waals surface area contributed by atoms with Gasteiger partial charge in [-0.3, -0.25) is 14.2 Å². The van der Waals surface area contributed by atoms with Crippen molar-refractivity contribution < 1.29 is 4.79 Å². The summed E-state index contributed by atoms with van der Waals surface area (Å²) < 4.78 is 2.30. The number of carbonyl (C=O) groups excluding carboxylic acids is 1. The van der Waals surface area contributed by atoms with Gasteiger partial charge in [-0.25, -0.2) is 4.98 Å². The lowest BCUT2D eigenvalue weighted by Crippen LogP contribution is -2.28. The van der Waals surface area contributed by atoms with Crippen LogP contribution in [0, 0.1) is 0 Å². The highest BCUT2D eigenvalue weighted by Gasteiger charge is 2.22. The molecule has 0 saturated carbocycles. The largest absolute Gasteiger partial charge is 0.355 e. The van der Waals surface area contributed by atoms with E-state index in [4.69, 9.17) is 0 Å². The lowest BCUT2D eigenvalue weighted by Gasteiger charge is -2.15. The number of nitrogens with zero attached hydrogens (tertiary/aromatic N) is 4. The highest BCUT2D eigenvalue weighted by molar-refractivity contribution is 7.99. The van der Waals surface area contributed by atoms with Crippen LogP contribution in [0.15, 0.2) is 21.6 Å². The number of thioether (sulfide) groups is 1. The molecular weight excluding hydrogens is 430 g/mol. The number of thiazole rings is 1. The maximum Gasteiger partial charge on any atom is 0.274 e. The zero-order valence-electron chi connectivity index (χ0n) is 18.4. The predicted molar refractivity (Wildman–Crippen MR) is 128 cm³/mol. The Hall–Kier alpha value is -1.87.